The predicted molar refractivity (Wildman–Crippen MR) is 86.8 cm³/mol. The quantitative estimate of drug-likeness (QED) is 0.755. The normalized spacial score (nSPS) is 20.3. The number of nitrogens with zero attached hydrogens (tertiary/aromatic N) is 1. The molecule has 0 atom stereocenters. The molecule has 1 aromatic rings. The SMILES string of the molecule is CN1CC2=C(C=C(c3ccccc3)C1=O)CCCCCC2. The van der Waals surface area contributed by atoms with Crippen molar-refractivity contribution in [1.82, 2.24) is 4.90 Å². The number of carbonyl (C=O) groups excluding carboxylic acids is 1. The lowest BCUT2D eigenvalue weighted by Gasteiger charge is -2.20. The second-order valence-corrected chi connectivity index (χ2v) is 6.13. The lowest BCUT2D eigenvalue weighted by Crippen LogP contribution is -2.28. The van der Waals surface area contributed by atoms with Crippen LogP contribution in [-0.4, -0.2) is 24.4 Å². The molecule has 2 aliphatic rings. The molecule has 1 aromatic carbocycles. The summed E-state index contributed by atoms with van der Waals surface area (Å²) in [6.45, 7) is 0.793. The Morgan fingerprint density at radius 1 is 0.952 bits per heavy atom. The fourth-order valence-electron chi connectivity index (χ4n) is 3.32. The zero-order valence-corrected chi connectivity index (χ0v) is 12.8. The second kappa shape index (κ2) is 6.30. The first-order valence-corrected chi connectivity index (χ1v) is 7.99. The molecule has 0 aromatic heterocycles. The largest absolute Gasteiger partial charge is 0.338 e. The van der Waals surface area contributed by atoms with Crippen LogP contribution >= 0.6 is 0 Å². The average molecular weight is 281 g/mol. The topological polar surface area (TPSA) is 20.3 Å². The fraction of sp³-hybridized carbons (Fsp3) is 0.421. The molecule has 0 unspecified atom stereocenters. The average Bonchev–Trinajstić information content (AvgIpc) is 2.60. The molecule has 0 fully saturated rings. The summed E-state index contributed by atoms with van der Waals surface area (Å²) in [5.74, 6) is 0.146. The Bertz CT molecular complexity index is 583. The van der Waals surface area contributed by atoms with Crippen LogP contribution in [0.2, 0.25) is 0 Å². The van der Waals surface area contributed by atoms with E-state index in [1.165, 1.54) is 36.8 Å². The van der Waals surface area contributed by atoms with Crippen molar-refractivity contribution >= 4 is 11.5 Å². The van der Waals surface area contributed by atoms with Crippen molar-refractivity contribution in [3.63, 3.8) is 0 Å². The van der Waals surface area contributed by atoms with Crippen molar-refractivity contribution in [3.05, 3.63) is 53.1 Å². The highest BCUT2D eigenvalue weighted by Gasteiger charge is 2.23. The van der Waals surface area contributed by atoms with E-state index in [2.05, 4.69) is 6.08 Å². The van der Waals surface area contributed by atoms with Gasteiger partial charge in [0.2, 0.25) is 0 Å². The third kappa shape index (κ3) is 3.10. The van der Waals surface area contributed by atoms with Gasteiger partial charge in [0.15, 0.2) is 0 Å². The Kier molecular flexibility index (Phi) is 4.23. The highest BCUT2D eigenvalue weighted by molar-refractivity contribution is 6.20. The molecule has 0 spiro atoms. The van der Waals surface area contributed by atoms with Crippen LogP contribution in [0.5, 0.6) is 0 Å². The first-order chi connectivity index (χ1) is 10.3. The molecule has 3 rings (SSSR count). The maximum atomic E-state index is 12.7. The Morgan fingerprint density at radius 2 is 1.67 bits per heavy atom. The number of amides is 1. The lowest BCUT2D eigenvalue weighted by molar-refractivity contribution is -0.123. The fourth-order valence-corrected chi connectivity index (χ4v) is 3.32. The first-order valence-electron chi connectivity index (χ1n) is 7.99. The van der Waals surface area contributed by atoms with Crippen LogP contribution < -0.4 is 0 Å². The van der Waals surface area contributed by atoms with Crippen LogP contribution in [0.4, 0.5) is 0 Å². The molecule has 2 nitrogen and oxygen atoms in total. The van der Waals surface area contributed by atoms with E-state index >= 15 is 0 Å². The molecule has 0 bridgehead atoms. The minimum atomic E-state index is 0.146. The molecule has 110 valence electrons. The van der Waals surface area contributed by atoms with Crippen molar-refractivity contribution in [2.75, 3.05) is 13.6 Å². The molecule has 0 saturated heterocycles. The van der Waals surface area contributed by atoms with Gasteiger partial charge in [-0.1, -0.05) is 43.2 Å². The van der Waals surface area contributed by atoms with E-state index in [0.29, 0.717) is 0 Å². The minimum absolute atomic E-state index is 0.146. The van der Waals surface area contributed by atoms with Gasteiger partial charge < -0.3 is 4.90 Å². The van der Waals surface area contributed by atoms with Gasteiger partial charge >= 0.3 is 0 Å². The van der Waals surface area contributed by atoms with Crippen molar-refractivity contribution < 1.29 is 4.79 Å². The van der Waals surface area contributed by atoms with Gasteiger partial charge in [-0.15, -0.1) is 0 Å². The van der Waals surface area contributed by atoms with Crippen molar-refractivity contribution in [2.45, 2.75) is 38.5 Å². The smallest absolute Gasteiger partial charge is 0.254 e. The molecule has 1 amide bonds. The molecular weight excluding hydrogens is 258 g/mol. The zero-order valence-electron chi connectivity index (χ0n) is 12.8. The van der Waals surface area contributed by atoms with Crippen molar-refractivity contribution in [2.24, 2.45) is 0 Å². The maximum Gasteiger partial charge on any atom is 0.254 e. The molecule has 21 heavy (non-hydrogen) atoms. The van der Waals surface area contributed by atoms with Gasteiger partial charge in [-0.05, 0) is 48.5 Å². The van der Waals surface area contributed by atoms with Crippen LogP contribution in [0, 0.1) is 0 Å². The summed E-state index contributed by atoms with van der Waals surface area (Å²) in [6, 6.07) is 10.1. The van der Waals surface area contributed by atoms with E-state index < -0.39 is 0 Å². The molecule has 1 aliphatic heterocycles. The third-order valence-electron chi connectivity index (χ3n) is 4.54. The van der Waals surface area contributed by atoms with Gasteiger partial charge in [-0.3, -0.25) is 4.79 Å². The van der Waals surface area contributed by atoms with Gasteiger partial charge in [-0.25, -0.2) is 0 Å². The van der Waals surface area contributed by atoms with Crippen LogP contribution in [0.3, 0.4) is 0 Å². The maximum absolute atomic E-state index is 12.7. The number of hydrogen-bond acceptors (Lipinski definition) is 1. The Labute approximate surface area is 127 Å². The van der Waals surface area contributed by atoms with Crippen molar-refractivity contribution in [1.29, 1.82) is 0 Å². The van der Waals surface area contributed by atoms with Gasteiger partial charge in [0.05, 0.1) is 0 Å². The Hall–Kier alpha value is -1.83. The molecule has 1 heterocycles. The Balaban J connectivity index is 2.04. The van der Waals surface area contributed by atoms with E-state index in [-0.39, 0.29) is 5.91 Å². The third-order valence-corrected chi connectivity index (χ3v) is 4.54. The highest BCUT2D eigenvalue weighted by Crippen LogP contribution is 2.31. The van der Waals surface area contributed by atoms with E-state index in [1.54, 1.807) is 0 Å². The summed E-state index contributed by atoms with van der Waals surface area (Å²) in [7, 11) is 1.92. The number of benzene rings is 1. The number of likely N-dealkylation sites (N-methyl/N-ethyl adjacent to an activating group) is 1. The van der Waals surface area contributed by atoms with E-state index in [0.717, 1.165) is 30.5 Å². The van der Waals surface area contributed by atoms with Crippen molar-refractivity contribution in [3.8, 4) is 0 Å². The van der Waals surface area contributed by atoms with Gasteiger partial charge in [0.25, 0.3) is 5.91 Å². The summed E-state index contributed by atoms with van der Waals surface area (Å²) in [5, 5.41) is 0. The summed E-state index contributed by atoms with van der Waals surface area (Å²) < 4.78 is 0. The van der Waals surface area contributed by atoms with Gasteiger partial charge in [0, 0.05) is 19.2 Å². The minimum Gasteiger partial charge on any atom is -0.338 e. The number of allylic oxidation sites excluding steroid dienone is 2. The number of rotatable bonds is 1. The summed E-state index contributed by atoms with van der Waals surface area (Å²) >= 11 is 0. The summed E-state index contributed by atoms with van der Waals surface area (Å²) in [5.41, 5.74) is 4.76. The standard InChI is InChI=1S/C19H23NO/c1-20-14-17-12-6-3-2-5-11-16(17)13-18(19(20)21)15-9-7-4-8-10-15/h4,7-10,13H,2-3,5-6,11-12,14H2,1H3. The number of hydrogen-bond donors (Lipinski definition) is 0. The molecule has 0 radical (unpaired) electrons. The van der Waals surface area contributed by atoms with Crippen LogP contribution in [0.15, 0.2) is 47.6 Å². The number of carbonyl (C=O) groups is 1. The lowest BCUT2D eigenvalue weighted by atomic mass is 9.92. The predicted octanol–water partition coefficient (Wildman–Crippen LogP) is 4.19. The summed E-state index contributed by atoms with van der Waals surface area (Å²) in [4.78, 5) is 14.6. The highest BCUT2D eigenvalue weighted by atomic mass is 16.2. The van der Waals surface area contributed by atoms with Crippen LogP contribution in [0.1, 0.15) is 44.1 Å². The van der Waals surface area contributed by atoms with Crippen LogP contribution in [0.25, 0.3) is 5.57 Å². The monoisotopic (exact) mass is 281 g/mol. The Morgan fingerprint density at radius 3 is 2.43 bits per heavy atom. The second-order valence-electron chi connectivity index (χ2n) is 6.13. The zero-order chi connectivity index (χ0) is 14.7. The molecule has 2 heteroatoms. The van der Waals surface area contributed by atoms with Gasteiger partial charge in [0.1, 0.15) is 0 Å². The van der Waals surface area contributed by atoms with Gasteiger partial charge in [-0.2, -0.15) is 0 Å². The molecular formula is C19H23NO. The molecule has 0 N–H and O–H groups in total. The van der Waals surface area contributed by atoms with E-state index in [9.17, 15) is 4.79 Å². The van der Waals surface area contributed by atoms with E-state index in [4.69, 9.17) is 0 Å². The molecule has 1 aliphatic carbocycles. The van der Waals surface area contributed by atoms with E-state index in [1.807, 2.05) is 42.3 Å². The first kappa shape index (κ1) is 14.1. The summed E-state index contributed by atoms with van der Waals surface area (Å²) in [6.07, 6.45) is 9.57. The molecule has 0 saturated carbocycles. The van der Waals surface area contributed by atoms with Crippen LogP contribution in [-0.2, 0) is 4.79 Å².